The predicted octanol–water partition coefficient (Wildman–Crippen LogP) is 3.52. The number of fused-ring (bicyclic) bond motifs is 1. The quantitative estimate of drug-likeness (QED) is 0.673. The number of aliphatic carboxylic acids is 1. The van der Waals surface area contributed by atoms with Crippen LogP contribution in [0.5, 0.6) is 0 Å². The van der Waals surface area contributed by atoms with E-state index in [9.17, 15) is 19.4 Å². The number of carbonyl (C=O) groups is 1. The normalized spacial score (nSPS) is 19.0. The van der Waals surface area contributed by atoms with Gasteiger partial charge in [-0.15, -0.1) is 0 Å². The van der Waals surface area contributed by atoms with Gasteiger partial charge in [0.05, 0.1) is 30.6 Å². The monoisotopic (exact) mass is 442 g/mol. The molecule has 3 atom stereocenters. The second-order valence-electron chi connectivity index (χ2n) is 8.39. The van der Waals surface area contributed by atoms with Crippen LogP contribution in [-0.2, 0) is 20.9 Å². The number of ether oxygens (including phenoxy) is 2. The molecule has 0 radical (unpaired) electrons. The van der Waals surface area contributed by atoms with Crippen LogP contribution in [0.1, 0.15) is 68.1 Å². The first kappa shape index (κ1) is 24.0. The van der Waals surface area contributed by atoms with E-state index in [1.165, 1.54) is 12.1 Å². The molecule has 1 aliphatic rings. The third-order valence-corrected chi connectivity index (χ3v) is 5.51. The lowest BCUT2D eigenvalue weighted by Gasteiger charge is -2.24. The zero-order valence-electron chi connectivity index (χ0n) is 18.8. The van der Waals surface area contributed by atoms with Gasteiger partial charge in [0.2, 0.25) is 0 Å². The molecule has 1 aromatic heterocycles. The number of hydrogen-bond donors (Lipinski definition) is 1. The average molecular weight is 443 g/mol. The van der Waals surface area contributed by atoms with Gasteiger partial charge in [-0.3, -0.25) is 4.98 Å². The summed E-state index contributed by atoms with van der Waals surface area (Å²) in [4.78, 5) is 15.8. The van der Waals surface area contributed by atoms with Gasteiger partial charge in [-0.05, 0) is 36.1 Å². The lowest BCUT2D eigenvalue weighted by molar-refractivity contribution is -0.307. The van der Waals surface area contributed by atoms with Crippen LogP contribution >= 0.6 is 0 Å². The first-order valence-corrected chi connectivity index (χ1v) is 10.7. The lowest BCUT2D eigenvalue weighted by Crippen LogP contribution is -2.29. The molecule has 0 spiro atoms. The second kappa shape index (κ2) is 10.3. The Morgan fingerprint density at radius 2 is 2.00 bits per heavy atom. The molecule has 1 aromatic carbocycles. The zero-order valence-corrected chi connectivity index (χ0v) is 18.8. The summed E-state index contributed by atoms with van der Waals surface area (Å²) in [7, 11) is 1.63. The molecular weight excluding hydrogens is 413 g/mol. The first-order valence-electron chi connectivity index (χ1n) is 10.7. The maximum atomic E-state index is 13.6. The summed E-state index contributed by atoms with van der Waals surface area (Å²) in [6.07, 6.45) is 1.38. The fourth-order valence-electron chi connectivity index (χ4n) is 4.12. The van der Waals surface area contributed by atoms with Crippen LogP contribution in [-0.4, -0.2) is 35.4 Å². The molecule has 2 heterocycles. The predicted molar refractivity (Wildman–Crippen MR) is 117 cm³/mol. The van der Waals surface area contributed by atoms with Crippen LogP contribution in [0.3, 0.4) is 0 Å². The SMILES string of the molecule is COCc1c(C(C)C)nc2c(c1-c1ccc(F)cc1)C=CC(CC(O)CC(=O)[O-])OC2C. The summed E-state index contributed by atoms with van der Waals surface area (Å²) in [5, 5.41) is 20.9. The molecule has 1 N–H and O–H groups in total. The van der Waals surface area contributed by atoms with E-state index in [4.69, 9.17) is 14.5 Å². The molecule has 2 aromatic rings. The summed E-state index contributed by atoms with van der Waals surface area (Å²) in [5.74, 6) is -1.51. The molecule has 0 saturated heterocycles. The van der Waals surface area contributed by atoms with Gasteiger partial charge in [0.1, 0.15) is 5.82 Å². The fourth-order valence-corrected chi connectivity index (χ4v) is 4.12. The summed E-state index contributed by atoms with van der Waals surface area (Å²) in [5.41, 5.74) is 5.14. The number of hydrogen-bond acceptors (Lipinski definition) is 6. The van der Waals surface area contributed by atoms with E-state index in [2.05, 4.69) is 13.8 Å². The molecule has 0 fully saturated rings. The minimum atomic E-state index is -1.31. The Morgan fingerprint density at radius 3 is 2.59 bits per heavy atom. The van der Waals surface area contributed by atoms with Gasteiger partial charge in [0.15, 0.2) is 0 Å². The largest absolute Gasteiger partial charge is 0.550 e. The molecule has 0 bridgehead atoms. The van der Waals surface area contributed by atoms with Crippen molar-refractivity contribution >= 4 is 12.0 Å². The number of rotatable bonds is 8. The Labute approximate surface area is 187 Å². The number of aliphatic hydroxyl groups is 1. The molecule has 6 nitrogen and oxygen atoms in total. The van der Waals surface area contributed by atoms with E-state index >= 15 is 0 Å². The van der Waals surface area contributed by atoms with E-state index in [1.54, 1.807) is 25.3 Å². The van der Waals surface area contributed by atoms with Crippen molar-refractivity contribution in [3.63, 3.8) is 0 Å². The number of carbonyl (C=O) groups excluding carboxylic acids is 1. The van der Waals surface area contributed by atoms with Crippen molar-refractivity contribution in [1.29, 1.82) is 0 Å². The average Bonchev–Trinajstić information content (AvgIpc) is 2.86. The van der Waals surface area contributed by atoms with Gasteiger partial charge in [0, 0.05) is 42.7 Å². The number of pyridine rings is 1. The lowest BCUT2D eigenvalue weighted by atomic mass is 9.88. The Hall–Kier alpha value is -2.61. The topological polar surface area (TPSA) is 91.7 Å². The van der Waals surface area contributed by atoms with Crippen molar-refractivity contribution in [1.82, 2.24) is 4.98 Å². The zero-order chi connectivity index (χ0) is 23.4. The molecule has 3 unspecified atom stereocenters. The number of benzene rings is 1. The highest BCUT2D eigenvalue weighted by Crippen LogP contribution is 2.40. The molecule has 0 amide bonds. The van der Waals surface area contributed by atoms with Crippen molar-refractivity contribution in [2.75, 3.05) is 7.11 Å². The molecule has 3 rings (SSSR count). The van der Waals surface area contributed by atoms with Crippen LogP contribution in [0.4, 0.5) is 4.39 Å². The Bertz CT molecular complexity index is 987. The highest BCUT2D eigenvalue weighted by atomic mass is 19.1. The minimum absolute atomic E-state index is 0.116. The summed E-state index contributed by atoms with van der Waals surface area (Å²) >= 11 is 0. The van der Waals surface area contributed by atoms with E-state index in [-0.39, 0.29) is 18.2 Å². The summed E-state index contributed by atoms with van der Waals surface area (Å²) in [6.45, 7) is 6.34. The number of nitrogens with zero attached hydrogens (tertiary/aromatic N) is 1. The van der Waals surface area contributed by atoms with Crippen molar-refractivity contribution in [2.24, 2.45) is 0 Å². The Balaban J connectivity index is 2.15. The molecule has 7 heteroatoms. The third-order valence-electron chi connectivity index (χ3n) is 5.51. The number of halogens is 1. The summed E-state index contributed by atoms with van der Waals surface area (Å²) in [6, 6.07) is 6.32. The number of carboxylic acids is 1. The molecular formula is C25H29FNO5-. The van der Waals surface area contributed by atoms with Crippen molar-refractivity contribution < 1.29 is 28.9 Å². The Kier molecular flexibility index (Phi) is 7.77. The first-order chi connectivity index (χ1) is 15.2. The third kappa shape index (κ3) is 5.41. The van der Waals surface area contributed by atoms with E-state index in [0.29, 0.717) is 6.61 Å². The minimum Gasteiger partial charge on any atom is -0.550 e. The van der Waals surface area contributed by atoms with Gasteiger partial charge in [-0.1, -0.05) is 38.1 Å². The number of carboxylic acid groups (broad SMARTS) is 1. The van der Waals surface area contributed by atoms with Crippen LogP contribution < -0.4 is 5.11 Å². The number of aromatic nitrogens is 1. The second-order valence-corrected chi connectivity index (χ2v) is 8.39. The van der Waals surface area contributed by atoms with Crippen LogP contribution in [0.2, 0.25) is 0 Å². The van der Waals surface area contributed by atoms with Crippen molar-refractivity contribution in [3.05, 3.63) is 58.7 Å². The highest BCUT2D eigenvalue weighted by Gasteiger charge is 2.28. The fraction of sp³-hybridized carbons (Fsp3) is 0.440. The number of aliphatic hydroxyl groups excluding tert-OH is 1. The van der Waals surface area contributed by atoms with Crippen LogP contribution in [0, 0.1) is 5.82 Å². The highest BCUT2D eigenvalue weighted by molar-refractivity contribution is 5.80. The van der Waals surface area contributed by atoms with Crippen LogP contribution in [0.15, 0.2) is 30.3 Å². The summed E-state index contributed by atoms with van der Waals surface area (Å²) < 4.78 is 25.3. The van der Waals surface area contributed by atoms with Gasteiger partial charge < -0.3 is 24.5 Å². The Morgan fingerprint density at radius 1 is 1.31 bits per heavy atom. The molecule has 172 valence electrons. The maximum Gasteiger partial charge on any atom is 0.123 e. The standard InChI is InChI=1S/C25H30FNO5/c1-14(2)24-21(13-31-4)23(16-5-7-17(26)8-6-16)20-10-9-19(11-18(28)12-22(29)30)32-15(3)25(20)27-24/h5-10,14-15,18-19,28H,11-13H2,1-4H3,(H,29,30)/p-1. The molecule has 32 heavy (non-hydrogen) atoms. The number of methoxy groups -OCH3 is 1. The molecule has 0 aliphatic carbocycles. The van der Waals surface area contributed by atoms with Gasteiger partial charge in [-0.25, -0.2) is 4.39 Å². The smallest absolute Gasteiger partial charge is 0.123 e. The molecule has 1 aliphatic heterocycles. The van der Waals surface area contributed by atoms with Gasteiger partial charge >= 0.3 is 0 Å². The van der Waals surface area contributed by atoms with Gasteiger partial charge in [0.25, 0.3) is 0 Å². The van der Waals surface area contributed by atoms with Crippen molar-refractivity contribution in [2.45, 2.75) is 64.4 Å². The van der Waals surface area contributed by atoms with Gasteiger partial charge in [-0.2, -0.15) is 0 Å². The van der Waals surface area contributed by atoms with Crippen LogP contribution in [0.25, 0.3) is 17.2 Å². The van der Waals surface area contributed by atoms with E-state index in [1.807, 2.05) is 13.0 Å². The molecule has 0 saturated carbocycles. The van der Waals surface area contributed by atoms with Crippen molar-refractivity contribution in [3.8, 4) is 11.1 Å². The maximum absolute atomic E-state index is 13.6. The van der Waals surface area contributed by atoms with E-state index in [0.717, 1.165) is 33.6 Å². The van der Waals surface area contributed by atoms with E-state index < -0.39 is 30.7 Å².